The van der Waals surface area contributed by atoms with Gasteiger partial charge in [0, 0.05) is 36.6 Å². The zero-order valence-corrected chi connectivity index (χ0v) is 15.5. The van der Waals surface area contributed by atoms with Gasteiger partial charge in [-0.1, -0.05) is 17.8 Å². The van der Waals surface area contributed by atoms with E-state index in [4.69, 9.17) is 4.74 Å². The van der Waals surface area contributed by atoms with Crippen molar-refractivity contribution in [2.45, 2.75) is 23.4 Å². The van der Waals surface area contributed by atoms with Gasteiger partial charge in [0.2, 0.25) is 0 Å². The number of aryl methyl sites for hydroxylation is 1. The summed E-state index contributed by atoms with van der Waals surface area (Å²) in [4.78, 5) is 16.5. The lowest BCUT2D eigenvalue weighted by Crippen LogP contribution is -2.24. The fourth-order valence-electron chi connectivity index (χ4n) is 2.80. The highest BCUT2D eigenvalue weighted by Gasteiger charge is 2.25. The molecule has 0 unspecified atom stereocenters. The van der Waals surface area contributed by atoms with E-state index in [0.717, 1.165) is 39.4 Å². The summed E-state index contributed by atoms with van der Waals surface area (Å²) in [5.74, 6) is 0.833. The molecular formula is C19H19N5OS. The fraction of sp³-hybridized carbons (Fsp3) is 0.211. The van der Waals surface area contributed by atoms with Gasteiger partial charge in [-0.25, -0.2) is 9.97 Å². The minimum absolute atomic E-state index is 0.429. The third kappa shape index (κ3) is 3.36. The van der Waals surface area contributed by atoms with Crippen molar-refractivity contribution in [2.24, 2.45) is 0 Å². The van der Waals surface area contributed by atoms with E-state index < -0.39 is 0 Å². The third-order valence-electron chi connectivity index (χ3n) is 4.09. The van der Waals surface area contributed by atoms with Crippen molar-refractivity contribution in [1.29, 1.82) is 0 Å². The molecule has 0 atom stereocenters. The van der Waals surface area contributed by atoms with E-state index >= 15 is 0 Å². The molecule has 0 fully saturated rings. The van der Waals surface area contributed by atoms with Crippen LogP contribution in [0.25, 0.3) is 0 Å². The largest absolute Gasteiger partial charge is 0.380 e. The van der Waals surface area contributed by atoms with Crippen molar-refractivity contribution in [1.82, 2.24) is 15.0 Å². The Labute approximate surface area is 156 Å². The van der Waals surface area contributed by atoms with E-state index in [1.54, 1.807) is 31.3 Å². The van der Waals surface area contributed by atoms with Gasteiger partial charge >= 0.3 is 0 Å². The van der Waals surface area contributed by atoms with Gasteiger partial charge in [0.25, 0.3) is 0 Å². The van der Waals surface area contributed by atoms with Crippen LogP contribution >= 0.6 is 11.8 Å². The van der Waals surface area contributed by atoms with Gasteiger partial charge in [0.1, 0.15) is 11.8 Å². The molecule has 1 aliphatic heterocycles. The van der Waals surface area contributed by atoms with Gasteiger partial charge in [0.05, 0.1) is 17.6 Å². The number of ether oxygens (including phenoxy) is 1. The normalized spacial score (nSPS) is 12.5. The smallest absolute Gasteiger partial charge is 0.168 e. The molecule has 0 amide bonds. The number of hydrogen-bond acceptors (Lipinski definition) is 7. The monoisotopic (exact) mass is 365 g/mol. The number of nitrogens with one attached hydrogen (secondary N) is 1. The molecule has 0 aliphatic carbocycles. The summed E-state index contributed by atoms with van der Waals surface area (Å²) in [6, 6.07) is 10.5. The minimum Gasteiger partial charge on any atom is -0.380 e. The summed E-state index contributed by atoms with van der Waals surface area (Å²) >= 11 is 1.64. The lowest BCUT2D eigenvalue weighted by molar-refractivity contribution is 0.204. The maximum absolute atomic E-state index is 5.40. The van der Waals surface area contributed by atoms with Crippen molar-refractivity contribution >= 4 is 29.0 Å². The third-order valence-corrected chi connectivity index (χ3v) is 5.14. The summed E-state index contributed by atoms with van der Waals surface area (Å²) in [5.41, 5.74) is 4.29. The Balaban J connectivity index is 1.59. The number of nitrogens with zero attached hydrogens (tertiary/aromatic N) is 4. The van der Waals surface area contributed by atoms with Crippen LogP contribution < -0.4 is 10.2 Å². The van der Waals surface area contributed by atoms with Crippen LogP contribution in [0.1, 0.15) is 11.3 Å². The second-order valence-corrected chi connectivity index (χ2v) is 7.01. The molecule has 0 saturated carbocycles. The van der Waals surface area contributed by atoms with Crippen LogP contribution in [0.2, 0.25) is 0 Å². The van der Waals surface area contributed by atoms with Crippen LogP contribution in [0.5, 0.6) is 0 Å². The number of hydrogen-bond donors (Lipinski definition) is 1. The maximum atomic E-state index is 5.40. The van der Waals surface area contributed by atoms with E-state index in [-0.39, 0.29) is 0 Å². The Morgan fingerprint density at radius 2 is 2.00 bits per heavy atom. The molecule has 26 heavy (non-hydrogen) atoms. The molecule has 2 aromatic heterocycles. The summed E-state index contributed by atoms with van der Waals surface area (Å²) in [7, 11) is 1.69. The zero-order valence-electron chi connectivity index (χ0n) is 14.6. The number of fused-ring (bicyclic) bond motifs is 2. The molecule has 0 radical (unpaired) electrons. The van der Waals surface area contributed by atoms with E-state index in [2.05, 4.69) is 43.4 Å². The molecule has 132 valence electrons. The number of methoxy groups -OCH3 is 1. The summed E-state index contributed by atoms with van der Waals surface area (Å²) in [5, 5.41) is 4.31. The summed E-state index contributed by atoms with van der Waals surface area (Å²) in [6.45, 7) is 3.13. The average Bonchev–Trinajstić information content (AvgIpc) is 2.67. The van der Waals surface area contributed by atoms with Gasteiger partial charge < -0.3 is 10.1 Å². The first-order valence-electron chi connectivity index (χ1n) is 8.29. The predicted molar refractivity (Wildman–Crippen MR) is 103 cm³/mol. The minimum atomic E-state index is 0.429. The quantitative estimate of drug-likeness (QED) is 0.733. The van der Waals surface area contributed by atoms with Crippen LogP contribution in [0.3, 0.4) is 0 Å². The van der Waals surface area contributed by atoms with Crippen molar-refractivity contribution in [2.75, 3.05) is 24.1 Å². The zero-order chi connectivity index (χ0) is 17.9. The van der Waals surface area contributed by atoms with E-state index in [9.17, 15) is 0 Å². The molecule has 4 rings (SSSR count). The van der Waals surface area contributed by atoms with Crippen LogP contribution in [0.15, 0.2) is 58.8 Å². The summed E-state index contributed by atoms with van der Waals surface area (Å²) < 4.78 is 5.40. The second kappa shape index (κ2) is 7.31. The Morgan fingerprint density at radius 1 is 1.12 bits per heavy atom. The van der Waals surface area contributed by atoms with Crippen LogP contribution in [0, 0.1) is 6.92 Å². The van der Waals surface area contributed by atoms with E-state index in [1.165, 1.54) is 5.56 Å². The standard InChI is InChI=1S/C19H19N5OS/c1-13-3-5-15(11-22-13)23-10-14-4-6-17-16(9-14)24(12-25-2)18-19(26-17)21-8-7-20-18/h3-9,11,23H,10,12H2,1-2H3. The van der Waals surface area contributed by atoms with Gasteiger partial charge in [-0.05, 0) is 36.8 Å². The van der Waals surface area contributed by atoms with Crippen molar-refractivity contribution in [3.05, 3.63) is 60.2 Å². The Morgan fingerprint density at radius 3 is 2.81 bits per heavy atom. The molecule has 1 N–H and O–H groups in total. The Hall–Kier alpha value is -2.64. The highest BCUT2D eigenvalue weighted by molar-refractivity contribution is 7.99. The van der Waals surface area contributed by atoms with Gasteiger partial charge in [-0.15, -0.1) is 0 Å². The van der Waals surface area contributed by atoms with Gasteiger partial charge in [-0.2, -0.15) is 0 Å². The van der Waals surface area contributed by atoms with Crippen molar-refractivity contribution in [3.8, 4) is 0 Å². The molecule has 0 spiro atoms. The van der Waals surface area contributed by atoms with Crippen LogP contribution in [0.4, 0.5) is 17.2 Å². The maximum Gasteiger partial charge on any atom is 0.168 e. The van der Waals surface area contributed by atoms with Gasteiger partial charge in [-0.3, -0.25) is 9.88 Å². The first-order valence-corrected chi connectivity index (χ1v) is 9.11. The number of pyridine rings is 1. The number of anilines is 3. The highest BCUT2D eigenvalue weighted by Crippen LogP contribution is 2.46. The van der Waals surface area contributed by atoms with Crippen molar-refractivity contribution < 1.29 is 4.74 Å². The molecule has 0 saturated heterocycles. The molecule has 0 bridgehead atoms. The molecule has 6 nitrogen and oxygen atoms in total. The molecule has 7 heteroatoms. The van der Waals surface area contributed by atoms with E-state index in [0.29, 0.717) is 6.73 Å². The lowest BCUT2D eigenvalue weighted by Gasteiger charge is -2.30. The first kappa shape index (κ1) is 16.8. The first-order chi connectivity index (χ1) is 12.7. The number of rotatable bonds is 5. The van der Waals surface area contributed by atoms with Crippen molar-refractivity contribution in [3.63, 3.8) is 0 Å². The lowest BCUT2D eigenvalue weighted by atomic mass is 10.1. The fourth-order valence-corrected chi connectivity index (χ4v) is 3.79. The molecule has 1 aromatic carbocycles. The topological polar surface area (TPSA) is 63.2 Å². The number of aromatic nitrogens is 3. The second-order valence-electron chi connectivity index (χ2n) is 5.98. The van der Waals surface area contributed by atoms with E-state index in [1.807, 2.05) is 25.3 Å². The Kier molecular flexibility index (Phi) is 4.73. The molecule has 1 aliphatic rings. The van der Waals surface area contributed by atoms with Crippen LogP contribution in [-0.4, -0.2) is 28.8 Å². The van der Waals surface area contributed by atoms with Gasteiger partial charge in [0.15, 0.2) is 5.82 Å². The predicted octanol–water partition coefficient (Wildman–Crippen LogP) is 4.00. The summed E-state index contributed by atoms with van der Waals surface area (Å²) in [6.07, 6.45) is 5.28. The highest BCUT2D eigenvalue weighted by atomic mass is 32.2. The number of benzene rings is 1. The SMILES string of the molecule is COCN1c2cc(CNc3ccc(C)nc3)ccc2Sc2nccnc21. The Bertz CT molecular complexity index is 916. The molecule has 3 heterocycles. The van der Waals surface area contributed by atoms with Crippen LogP contribution in [-0.2, 0) is 11.3 Å². The average molecular weight is 365 g/mol. The molecular weight excluding hydrogens is 346 g/mol. The molecule has 3 aromatic rings.